The molecule has 13 heteroatoms. The van der Waals surface area contributed by atoms with Crippen LogP contribution in [0.2, 0.25) is 0 Å². The van der Waals surface area contributed by atoms with Crippen LogP contribution in [0.15, 0.2) is 157 Å². The highest BCUT2D eigenvalue weighted by Crippen LogP contribution is 2.28. The van der Waals surface area contributed by atoms with Crippen molar-refractivity contribution in [1.29, 1.82) is 0 Å². The van der Waals surface area contributed by atoms with E-state index in [1.165, 1.54) is 12.1 Å². The third kappa shape index (κ3) is 12.1. The SMILES string of the molecule is NCc1ccc(CC(=O)N[C@@H](Cc2ccc(OCc3ccc(-c4ccccc4)cc3)cc2)C(=O)NS(=O)(=O)c2ccc(NCCCc3ccccc3)c([N+](=O)[O-])c2)cc1. The number of carbonyl (C=O) groups is 2. The lowest BCUT2D eigenvalue weighted by atomic mass is 10.0. The second kappa shape index (κ2) is 20.0. The first kappa shape index (κ1) is 41.8. The van der Waals surface area contributed by atoms with Crippen molar-refractivity contribution >= 4 is 33.2 Å². The fraction of sp³-hybridized carbons (Fsp3) is 0.174. The predicted octanol–water partition coefficient (Wildman–Crippen LogP) is 7.12. The molecule has 0 aromatic heterocycles. The van der Waals surface area contributed by atoms with E-state index in [0.717, 1.165) is 40.3 Å². The zero-order valence-corrected chi connectivity index (χ0v) is 33.1. The number of hydrogen-bond donors (Lipinski definition) is 4. The Balaban J connectivity index is 1.12. The van der Waals surface area contributed by atoms with E-state index in [9.17, 15) is 28.1 Å². The van der Waals surface area contributed by atoms with Crippen LogP contribution in [0.4, 0.5) is 11.4 Å². The minimum absolute atomic E-state index is 0.0631. The summed E-state index contributed by atoms with van der Waals surface area (Å²) in [5.74, 6) is -0.952. The van der Waals surface area contributed by atoms with E-state index in [1.807, 2.05) is 89.7 Å². The summed E-state index contributed by atoms with van der Waals surface area (Å²) in [7, 11) is -4.61. The first-order chi connectivity index (χ1) is 28.6. The molecule has 0 saturated carbocycles. The molecule has 0 spiro atoms. The van der Waals surface area contributed by atoms with Crippen molar-refractivity contribution in [2.75, 3.05) is 11.9 Å². The molecule has 5 N–H and O–H groups in total. The van der Waals surface area contributed by atoms with Gasteiger partial charge in [0.05, 0.1) is 16.2 Å². The zero-order valence-electron chi connectivity index (χ0n) is 32.3. The summed E-state index contributed by atoms with van der Waals surface area (Å²) >= 11 is 0. The first-order valence-corrected chi connectivity index (χ1v) is 20.6. The van der Waals surface area contributed by atoms with Gasteiger partial charge in [0, 0.05) is 25.6 Å². The number of nitrogens with zero attached hydrogens (tertiary/aromatic N) is 1. The Kier molecular flexibility index (Phi) is 14.2. The van der Waals surface area contributed by atoms with E-state index in [2.05, 4.69) is 10.6 Å². The summed E-state index contributed by atoms with van der Waals surface area (Å²) in [5, 5.41) is 17.7. The molecule has 6 aromatic carbocycles. The van der Waals surface area contributed by atoms with Crippen LogP contribution in [-0.2, 0) is 52.0 Å². The van der Waals surface area contributed by atoms with Gasteiger partial charge in [0.15, 0.2) is 0 Å². The Morgan fingerprint density at radius 1 is 0.712 bits per heavy atom. The molecule has 0 saturated heterocycles. The normalized spacial score (nSPS) is 11.6. The molecule has 59 heavy (non-hydrogen) atoms. The number of rotatable bonds is 19. The maximum absolute atomic E-state index is 13.7. The summed E-state index contributed by atoms with van der Waals surface area (Å²) in [6, 6.07) is 44.0. The number of aryl methyl sites for hydroxylation is 1. The van der Waals surface area contributed by atoms with Gasteiger partial charge in [-0.3, -0.25) is 19.7 Å². The maximum atomic E-state index is 13.7. The lowest BCUT2D eigenvalue weighted by Crippen LogP contribution is -2.49. The third-order valence-electron chi connectivity index (χ3n) is 9.62. The predicted molar refractivity (Wildman–Crippen MR) is 228 cm³/mol. The van der Waals surface area contributed by atoms with E-state index in [4.69, 9.17) is 10.5 Å². The largest absolute Gasteiger partial charge is 0.489 e. The highest BCUT2D eigenvalue weighted by Gasteiger charge is 2.28. The van der Waals surface area contributed by atoms with Crippen molar-refractivity contribution < 1.29 is 27.7 Å². The highest BCUT2D eigenvalue weighted by atomic mass is 32.2. The molecule has 6 aromatic rings. The second-order valence-corrected chi connectivity index (χ2v) is 15.6. The van der Waals surface area contributed by atoms with E-state index in [1.54, 1.807) is 48.5 Å². The van der Waals surface area contributed by atoms with Crippen molar-refractivity contribution in [3.05, 3.63) is 190 Å². The number of nitrogens with one attached hydrogen (secondary N) is 3. The molecular formula is C46H45N5O7S. The van der Waals surface area contributed by atoms with Crippen molar-refractivity contribution in [3.8, 4) is 16.9 Å². The van der Waals surface area contributed by atoms with Crippen molar-refractivity contribution in [1.82, 2.24) is 10.0 Å². The molecular weight excluding hydrogens is 767 g/mol. The number of nitro benzene ring substituents is 1. The molecule has 0 aliphatic carbocycles. The molecule has 0 aliphatic heterocycles. The average molecular weight is 812 g/mol. The Morgan fingerprint density at radius 2 is 1.32 bits per heavy atom. The number of ether oxygens (including phenoxy) is 1. The van der Waals surface area contributed by atoms with Crippen LogP contribution in [0.3, 0.4) is 0 Å². The lowest BCUT2D eigenvalue weighted by molar-refractivity contribution is -0.384. The van der Waals surface area contributed by atoms with Gasteiger partial charge in [-0.25, -0.2) is 13.1 Å². The smallest absolute Gasteiger partial charge is 0.293 e. The summed E-state index contributed by atoms with van der Waals surface area (Å²) in [4.78, 5) is 37.9. The summed E-state index contributed by atoms with van der Waals surface area (Å²) in [6.07, 6.45) is 1.29. The molecule has 0 radical (unpaired) electrons. The first-order valence-electron chi connectivity index (χ1n) is 19.1. The number of nitro groups is 1. The van der Waals surface area contributed by atoms with Crippen molar-refractivity contribution in [2.24, 2.45) is 5.73 Å². The van der Waals surface area contributed by atoms with Gasteiger partial charge >= 0.3 is 0 Å². The fourth-order valence-electron chi connectivity index (χ4n) is 6.38. The van der Waals surface area contributed by atoms with Gasteiger partial charge in [-0.1, -0.05) is 121 Å². The molecule has 0 aliphatic rings. The van der Waals surface area contributed by atoms with E-state index in [0.29, 0.717) is 43.0 Å². The molecule has 12 nitrogen and oxygen atoms in total. The van der Waals surface area contributed by atoms with Crippen LogP contribution in [0, 0.1) is 10.1 Å². The van der Waals surface area contributed by atoms with Crippen molar-refractivity contribution in [2.45, 2.75) is 49.8 Å². The van der Waals surface area contributed by atoms with E-state index in [-0.39, 0.29) is 18.5 Å². The number of nitrogens with two attached hydrogens (primary N) is 1. The second-order valence-electron chi connectivity index (χ2n) is 13.9. The quantitative estimate of drug-likeness (QED) is 0.0376. The molecule has 0 heterocycles. The maximum Gasteiger partial charge on any atom is 0.293 e. The summed E-state index contributed by atoms with van der Waals surface area (Å²) < 4.78 is 35.1. The van der Waals surface area contributed by atoms with Crippen LogP contribution in [0.5, 0.6) is 5.75 Å². The summed E-state index contributed by atoms with van der Waals surface area (Å²) in [6.45, 7) is 1.07. The number of amides is 2. The molecule has 6 rings (SSSR count). The van der Waals surface area contributed by atoms with Crippen molar-refractivity contribution in [3.63, 3.8) is 0 Å². The molecule has 0 bridgehead atoms. The van der Waals surface area contributed by atoms with Gasteiger partial charge in [0.25, 0.3) is 21.6 Å². The topological polar surface area (TPSA) is 183 Å². The van der Waals surface area contributed by atoms with Gasteiger partial charge in [0.2, 0.25) is 5.91 Å². The van der Waals surface area contributed by atoms with Crippen LogP contribution in [-0.4, -0.2) is 37.7 Å². The number of sulfonamides is 1. The number of carbonyl (C=O) groups excluding carboxylic acids is 2. The minimum atomic E-state index is -4.61. The van der Waals surface area contributed by atoms with Crippen LogP contribution < -0.4 is 25.8 Å². The Morgan fingerprint density at radius 3 is 1.98 bits per heavy atom. The minimum Gasteiger partial charge on any atom is -0.489 e. The van der Waals surface area contributed by atoms with Crippen LogP contribution >= 0.6 is 0 Å². The molecule has 1 atom stereocenters. The Labute approximate surface area is 343 Å². The van der Waals surface area contributed by atoms with Gasteiger partial charge in [0.1, 0.15) is 24.1 Å². The fourth-order valence-corrected chi connectivity index (χ4v) is 7.42. The molecule has 0 unspecified atom stereocenters. The van der Waals surface area contributed by atoms with Gasteiger partial charge in [-0.2, -0.15) is 0 Å². The average Bonchev–Trinajstić information content (AvgIpc) is 3.25. The standard InChI is InChI=1S/C46H45N5O7S/c47-31-36-15-13-35(14-16-36)29-45(52)49-43(28-34-19-23-40(24-20-34)58-32-37-17-21-39(22-18-37)38-11-5-2-6-12-38)46(53)50-59(56,57)41-25-26-42(44(30-41)51(54)55)48-27-7-10-33-8-3-1-4-9-33/h1-6,8-9,11-26,30,43,48H,7,10,27-29,31-32,47H2,(H,49,52)(H,50,53)/t43-/m0/s1. The lowest BCUT2D eigenvalue weighted by Gasteiger charge is -2.19. The van der Waals surface area contributed by atoms with Crippen LogP contribution in [0.25, 0.3) is 11.1 Å². The van der Waals surface area contributed by atoms with E-state index >= 15 is 0 Å². The summed E-state index contributed by atoms with van der Waals surface area (Å²) in [5.41, 5.74) is 11.9. The Bertz CT molecular complexity index is 2450. The molecule has 0 fully saturated rings. The van der Waals surface area contributed by atoms with E-state index < -0.39 is 43.4 Å². The number of benzene rings is 6. The molecule has 2 amide bonds. The van der Waals surface area contributed by atoms with Gasteiger partial charge < -0.3 is 21.1 Å². The molecule has 302 valence electrons. The third-order valence-corrected chi connectivity index (χ3v) is 11.0. The highest BCUT2D eigenvalue weighted by molar-refractivity contribution is 7.90. The monoisotopic (exact) mass is 811 g/mol. The number of anilines is 1. The van der Waals surface area contributed by atoms with Gasteiger partial charge in [-0.05, 0) is 76.1 Å². The van der Waals surface area contributed by atoms with Gasteiger partial charge in [-0.15, -0.1) is 0 Å². The van der Waals surface area contributed by atoms with Crippen LogP contribution in [0.1, 0.15) is 34.2 Å². The Hall–Kier alpha value is -6.83. The number of hydrogen-bond acceptors (Lipinski definition) is 9. The zero-order chi connectivity index (χ0) is 41.6.